The van der Waals surface area contributed by atoms with Gasteiger partial charge in [0.15, 0.2) is 5.13 Å². The molecule has 0 aliphatic carbocycles. The number of rotatable bonds is 4. The molecule has 4 nitrogen and oxygen atoms in total. The molecule has 1 amide bonds. The maximum atomic E-state index is 12.7. The van der Waals surface area contributed by atoms with E-state index in [0.29, 0.717) is 10.7 Å². The highest BCUT2D eigenvalue weighted by Crippen LogP contribution is 2.27. The van der Waals surface area contributed by atoms with Gasteiger partial charge in [-0.15, -0.1) is 11.3 Å². The number of carbonyl (C=O) groups excluding carboxylic acids is 1. The zero-order chi connectivity index (χ0) is 17.1. The van der Waals surface area contributed by atoms with Gasteiger partial charge in [-0.05, 0) is 5.56 Å². The monoisotopic (exact) mass is 345 g/mol. The molecular formula is C20H15N3OS. The number of carbonyl (C=O) groups is 1. The number of nitrogens with one attached hydrogen (secondary N) is 2. The van der Waals surface area contributed by atoms with Gasteiger partial charge < -0.3 is 4.98 Å². The van der Waals surface area contributed by atoms with E-state index in [9.17, 15) is 4.79 Å². The number of hydrogen-bond acceptors (Lipinski definition) is 3. The van der Waals surface area contributed by atoms with Crippen LogP contribution in [0.15, 0.2) is 78.4 Å². The molecule has 0 atom stereocenters. The van der Waals surface area contributed by atoms with Crippen LogP contribution in [0.4, 0.5) is 5.13 Å². The second-order valence-electron chi connectivity index (χ2n) is 5.51. The van der Waals surface area contributed by atoms with Crippen LogP contribution < -0.4 is 5.32 Å². The minimum Gasteiger partial charge on any atom is -0.366 e. The fourth-order valence-electron chi connectivity index (χ4n) is 2.65. The van der Waals surface area contributed by atoms with Gasteiger partial charge in [-0.1, -0.05) is 60.7 Å². The summed E-state index contributed by atoms with van der Waals surface area (Å²) in [6, 6.07) is 19.7. The SMILES string of the molecule is O=C(Nc1nc(-c2ccccc2)cs1)c1c[nH]cc1-c1ccccc1. The van der Waals surface area contributed by atoms with Crippen LogP contribution in [0.3, 0.4) is 0 Å². The highest BCUT2D eigenvalue weighted by Gasteiger charge is 2.15. The molecule has 122 valence electrons. The van der Waals surface area contributed by atoms with Gasteiger partial charge in [-0.25, -0.2) is 4.98 Å². The third kappa shape index (κ3) is 3.22. The first-order valence-electron chi connectivity index (χ1n) is 7.86. The van der Waals surface area contributed by atoms with E-state index in [4.69, 9.17) is 0 Å². The predicted molar refractivity (Wildman–Crippen MR) is 102 cm³/mol. The van der Waals surface area contributed by atoms with Crippen molar-refractivity contribution in [3.63, 3.8) is 0 Å². The number of amides is 1. The quantitative estimate of drug-likeness (QED) is 0.543. The molecule has 2 aromatic carbocycles. The standard InChI is InChI=1S/C20H15N3OS/c24-19(17-12-21-11-16(17)14-7-3-1-4-8-14)23-20-22-18(13-25-20)15-9-5-2-6-10-15/h1-13,21H,(H,22,23,24). The van der Waals surface area contributed by atoms with Crippen LogP contribution in [-0.4, -0.2) is 15.9 Å². The van der Waals surface area contributed by atoms with E-state index in [1.165, 1.54) is 11.3 Å². The summed E-state index contributed by atoms with van der Waals surface area (Å²) in [5.74, 6) is -0.172. The molecule has 2 aromatic heterocycles. The van der Waals surface area contributed by atoms with Gasteiger partial charge in [0.05, 0.1) is 11.3 Å². The van der Waals surface area contributed by atoms with Gasteiger partial charge in [0.1, 0.15) is 0 Å². The maximum absolute atomic E-state index is 12.7. The van der Waals surface area contributed by atoms with Gasteiger partial charge in [0, 0.05) is 28.9 Å². The smallest absolute Gasteiger partial charge is 0.259 e. The number of anilines is 1. The lowest BCUT2D eigenvalue weighted by atomic mass is 10.0. The molecule has 25 heavy (non-hydrogen) atoms. The number of aromatic nitrogens is 2. The summed E-state index contributed by atoms with van der Waals surface area (Å²) >= 11 is 1.42. The Balaban J connectivity index is 1.56. The van der Waals surface area contributed by atoms with Gasteiger partial charge in [-0.3, -0.25) is 10.1 Å². The first-order valence-corrected chi connectivity index (χ1v) is 8.74. The maximum Gasteiger partial charge on any atom is 0.259 e. The molecule has 4 rings (SSSR count). The minimum atomic E-state index is -0.172. The molecule has 2 N–H and O–H groups in total. The summed E-state index contributed by atoms with van der Waals surface area (Å²) in [5.41, 5.74) is 4.36. The number of thiazole rings is 1. The van der Waals surface area contributed by atoms with E-state index in [1.807, 2.05) is 72.2 Å². The van der Waals surface area contributed by atoms with Gasteiger partial charge in [0.25, 0.3) is 5.91 Å². The number of hydrogen-bond donors (Lipinski definition) is 2. The Labute approximate surface area is 149 Å². The molecular weight excluding hydrogens is 330 g/mol. The predicted octanol–water partition coefficient (Wildman–Crippen LogP) is 5.06. The summed E-state index contributed by atoms with van der Waals surface area (Å²) in [7, 11) is 0. The fraction of sp³-hybridized carbons (Fsp3) is 0. The number of benzene rings is 2. The Kier molecular flexibility index (Phi) is 4.14. The van der Waals surface area contributed by atoms with E-state index in [2.05, 4.69) is 15.3 Å². The summed E-state index contributed by atoms with van der Waals surface area (Å²) < 4.78 is 0. The summed E-state index contributed by atoms with van der Waals surface area (Å²) in [6.07, 6.45) is 3.55. The lowest BCUT2D eigenvalue weighted by molar-refractivity contribution is 0.102. The van der Waals surface area contributed by atoms with Crippen molar-refractivity contribution in [1.29, 1.82) is 0 Å². The molecule has 2 heterocycles. The summed E-state index contributed by atoms with van der Waals surface area (Å²) in [5, 5.41) is 5.42. The first kappa shape index (κ1) is 15.4. The molecule has 0 aliphatic heterocycles. The number of H-pyrrole nitrogens is 1. The molecule has 0 saturated carbocycles. The third-order valence-electron chi connectivity index (χ3n) is 3.87. The molecule has 0 spiro atoms. The topological polar surface area (TPSA) is 57.8 Å². The molecule has 4 aromatic rings. The Morgan fingerprint density at radius 2 is 1.60 bits per heavy atom. The van der Waals surface area contributed by atoms with E-state index in [-0.39, 0.29) is 5.91 Å². The highest BCUT2D eigenvalue weighted by atomic mass is 32.1. The van der Waals surface area contributed by atoms with E-state index in [0.717, 1.165) is 22.4 Å². The van der Waals surface area contributed by atoms with Crippen LogP contribution in [0.25, 0.3) is 22.4 Å². The summed E-state index contributed by atoms with van der Waals surface area (Å²) in [6.45, 7) is 0. The first-order chi connectivity index (χ1) is 12.3. The van der Waals surface area contributed by atoms with E-state index >= 15 is 0 Å². The van der Waals surface area contributed by atoms with Crippen molar-refractivity contribution in [3.8, 4) is 22.4 Å². The lowest BCUT2D eigenvalue weighted by Gasteiger charge is -2.04. The fourth-order valence-corrected chi connectivity index (χ4v) is 3.36. The third-order valence-corrected chi connectivity index (χ3v) is 4.63. The molecule has 0 saturated heterocycles. The largest absolute Gasteiger partial charge is 0.366 e. The van der Waals surface area contributed by atoms with Crippen LogP contribution in [0, 0.1) is 0 Å². The van der Waals surface area contributed by atoms with Gasteiger partial charge in [-0.2, -0.15) is 0 Å². The average Bonchev–Trinajstić information content (AvgIpc) is 3.33. The summed E-state index contributed by atoms with van der Waals surface area (Å²) in [4.78, 5) is 20.2. The second kappa shape index (κ2) is 6.75. The van der Waals surface area contributed by atoms with Crippen LogP contribution in [0.2, 0.25) is 0 Å². The zero-order valence-corrected chi connectivity index (χ0v) is 14.1. The molecule has 0 radical (unpaired) electrons. The Morgan fingerprint density at radius 3 is 2.32 bits per heavy atom. The molecule has 0 unspecified atom stereocenters. The van der Waals surface area contributed by atoms with E-state index < -0.39 is 0 Å². The average molecular weight is 345 g/mol. The molecule has 5 heteroatoms. The second-order valence-corrected chi connectivity index (χ2v) is 6.36. The van der Waals surface area contributed by atoms with Crippen molar-refractivity contribution in [2.24, 2.45) is 0 Å². The van der Waals surface area contributed by atoms with E-state index in [1.54, 1.807) is 6.20 Å². The van der Waals surface area contributed by atoms with Crippen LogP contribution in [-0.2, 0) is 0 Å². The molecule has 0 aliphatic rings. The highest BCUT2D eigenvalue weighted by molar-refractivity contribution is 7.14. The number of nitrogens with zero attached hydrogens (tertiary/aromatic N) is 1. The number of aromatic amines is 1. The molecule has 0 bridgehead atoms. The van der Waals surface area contributed by atoms with Gasteiger partial charge >= 0.3 is 0 Å². The normalized spacial score (nSPS) is 10.6. The van der Waals surface area contributed by atoms with Crippen molar-refractivity contribution >= 4 is 22.4 Å². The van der Waals surface area contributed by atoms with Crippen molar-refractivity contribution in [2.75, 3.05) is 5.32 Å². The molecule has 0 fully saturated rings. The van der Waals surface area contributed by atoms with Crippen LogP contribution >= 0.6 is 11.3 Å². The van der Waals surface area contributed by atoms with Crippen molar-refractivity contribution < 1.29 is 4.79 Å². The Morgan fingerprint density at radius 1 is 0.920 bits per heavy atom. The van der Waals surface area contributed by atoms with Crippen molar-refractivity contribution in [1.82, 2.24) is 9.97 Å². The van der Waals surface area contributed by atoms with Crippen LogP contribution in [0.5, 0.6) is 0 Å². The zero-order valence-electron chi connectivity index (χ0n) is 13.3. The van der Waals surface area contributed by atoms with Crippen molar-refractivity contribution in [3.05, 3.63) is 84.0 Å². The lowest BCUT2D eigenvalue weighted by Crippen LogP contribution is -2.11. The Bertz CT molecular complexity index is 990. The Hall–Kier alpha value is -3.18. The van der Waals surface area contributed by atoms with Gasteiger partial charge in [0.2, 0.25) is 0 Å². The van der Waals surface area contributed by atoms with Crippen LogP contribution in [0.1, 0.15) is 10.4 Å². The van der Waals surface area contributed by atoms with Crippen molar-refractivity contribution in [2.45, 2.75) is 0 Å². The minimum absolute atomic E-state index is 0.172.